The van der Waals surface area contributed by atoms with Crippen molar-refractivity contribution in [1.82, 2.24) is 15.1 Å². The second-order valence-electron chi connectivity index (χ2n) is 4.03. The van der Waals surface area contributed by atoms with Gasteiger partial charge in [0, 0.05) is 31.9 Å². The van der Waals surface area contributed by atoms with E-state index in [0.29, 0.717) is 26.2 Å². The van der Waals surface area contributed by atoms with E-state index in [1.807, 2.05) is 18.2 Å². The maximum absolute atomic E-state index is 11.8. The van der Waals surface area contributed by atoms with Crippen LogP contribution in [0.5, 0.6) is 0 Å². The first kappa shape index (κ1) is 14.1. The fourth-order valence-electron chi connectivity index (χ4n) is 1.74. The van der Waals surface area contributed by atoms with Crippen LogP contribution in [0, 0.1) is 0 Å². The van der Waals surface area contributed by atoms with Gasteiger partial charge in [-0.05, 0) is 13.3 Å². The molecule has 0 aliphatic carbocycles. The summed E-state index contributed by atoms with van der Waals surface area (Å²) in [4.78, 5) is 26.2. The van der Waals surface area contributed by atoms with E-state index in [1.54, 1.807) is 11.8 Å². The lowest BCUT2D eigenvalue weighted by molar-refractivity contribution is -0.144. The lowest BCUT2D eigenvalue weighted by Gasteiger charge is -2.37. The molecule has 17 heavy (non-hydrogen) atoms. The highest BCUT2D eigenvalue weighted by Gasteiger charge is 2.33. The summed E-state index contributed by atoms with van der Waals surface area (Å²) >= 11 is 1.64. The summed E-state index contributed by atoms with van der Waals surface area (Å²) in [5.74, 6) is -0.117. The average molecular weight is 261 g/mol. The number of nitrogens with zero attached hydrogens (tertiary/aromatic N) is 2. The second-order valence-corrected chi connectivity index (χ2v) is 5.02. The number of urea groups is 1. The number of hydrogen-bond donors (Lipinski definition) is 2. The zero-order valence-corrected chi connectivity index (χ0v) is 11.0. The number of nitrogens with one attached hydrogen (secondary N) is 1. The highest BCUT2D eigenvalue weighted by atomic mass is 32.2. The number of thioether (sulfide) groups is 1. The third-order valence-electron chi connectivity index (χ3n) is 2.71. The Bertz CT molecular complexity index is 288. The van der Waals surface area contributed by atoms with Crippen molar-refractivity contribution in [2.24, 2.45) is 0 Å². The van der Waals surface area contributed by atoms with E-state index >= 15 is 0 Å². The number of carbonyl (C=O) groups is 2. The standard InChI is InChI=1S/C10H19N3O3S/c1-12-4-5-13(8(7-12)9(14)15)10(16)11-3-6-17-2/h8H,3-7H2,1-2H3,(H,11,16)(H,14,15). The molecular formula is C10H19N3O3S. The van der Waals surface area contributed by atoms with Crippen LogP contribution >= 0.6 is 11.8 Å². The van der Waals surface area contributed by atoms with E-state index in [-0.39, 0.29) is 6.03 Å². The van der Waals surface area contributed by atoms with Crippen LogP contribution in [0.25, 0.3) is 0 Å². The van der Waals surface area contributed by atoms with Crippen molar-refractivity contribution >= 4 is 23.8 Å². The molecule has 1 rings (SSSR count). The Balaban J connectivity index is 2.54. The zero-order chi connectivity index (χ0) is 12.8. The van der Waals surface area contributed by atoms with Gasteiger partial charge >= 0.3 is 12.0 Å². The molecule has 1 fully saturated rings. The average Bonchev–Trinajstić information content (AvgIpc) is 2.29. The lowest BCUT2D eigenvalue weighted by atomic mass is 10.2. The summed E-state index contributed by atoms with van der Waals surface area (Å²) in [5.41, 5.74) is 0. The largest absolute Gasteiger partial charge is 0.480 e. The highest BCUT2D eigenvalue weighted by molar-refractivity contribution is 7.98. The number of likely N-dealkylation sites (N-methyl/N-ethyl adjacent to an activating group) is 1. The normalized spacial score (nSPS) is 21.3. The molecule has 1 unspecified atom stereocenters. The molecule has 6 nitrogen and oxygen atoms in total. The first-order valence-corrected chi connectivity index (χ1v) is 6.90. The SMILES string of the molecule is CSCCNC(=O)N1CCN(C)CC1C(=O)O. The van der Waals surface area contributed by atoms with Crippen LogP contribution in [-0.4, -0.2) is 78.2 Å². The minimum Gasteiger partial charge on any atom is -0.480 e. The fraction of sp³-hybridized carbons (Fsp3) is 0.800. The first-order chi connectivity index (χ1) is 8.06. The molecule has 0 aromatic rings. The number of carboxylic acids is 1. The van der Waals surface area contributed by atoms with Gasteiger partial charge in [0.05, 0.1) is 0 Å². The summed E-state index contributed by atoms with van der Waals surface area (Å²) in [7, 11) is 1.86. The Morgan fingerprint density at radius 2 is 2.18 bits per heavy atom. The monoisotopic (exact) mass is 261 g/mol. The van der Waals surface area contributed by atoms with Gasteiger partial charge in [0.15, 0.2) is 0 Å². The van der Waals surface area contributed by atoms with E-state index in [2.05, 4.69) is 5.32 Å². The van der Waals surface area contributed by atoms with Crippen molar-refractivity contribution in [2.45, 2.75) is 6.04 Å². The minimum absolute atomic E-state index is 0.278. The Morgan fingerprint density at radius 3 is 2.76 bits per heavy atom. The number of rotatable bonds is 4. The summed E-state index contributed by atoms with van der Waals surface area (Å²) in [6, 6.07) is -1.03. The van der Waals surface area contributed by atoms with Crippen molar-refractivity contribution in [3.63, 3.8) is 0 Å². The molecule has 7 heteroatoms. The molecule has 2 amide bonds. The van der Waals surface area contributed by atoms with Gasteiger partial charge in [-0.25, -0.2) is 9.59 Å². The van der Waals surface area contributed by atoms with Gasteiger partial charge in [-0.2, -0.15) is 11.8 Å². The molecule has 0 radical (unpaired) electrons. The Labute approximate surface area is 105 Å². The Kier molecular flexibility index (Phi) is 5.57. The van der Waals surface area contributed by atoms with Gasteiger partial charge in [0.25, 0.3) is 0 Å². The molecular weight excluding hydrogens is 242 g/mol. The molecule has 0 aromatic carbocycles. The van der Waals surface area contributed by atoms with Crippen molar-refractivity contribution in [1.29, 1.82) is 0 Å². The second kappa shape index (κ2) is 6.70. The van der Waals surface area contributed by atoms with Gasteiger partial charge in [-0.1, -0.05) is 0 Å². The molecule has 0 aromatic heterocycles. The number of piperazine rings is 1. The summed E-state index contributed by atoms with van der Waals surface area (Å²) in [5, 5.41) is 11.8. The predicted molar refractivity (Wildman–Crippen MR) is 67.4 cm³/mol. The molecule has 1 atom stereocenters. The Hall–Kier alpha value is -0.950. The number of aliphatic carboxylic acids is 1. The van der Waals surface area contributed by atoms with E-state index in [0.717, 1.165) is 5.75 Å². The van der Waals surface area contributed by atoms with E-state index in [9.17, 15) is 9.59 Å². The highest BCUT2D eigenvalue weighted by Crippen LogP contribution is 2.09. The van der Waals surface area contributed by atoms with E-state index in [1.165, 1.54) is 4.90 Å². The smallest absolute Gasteiger partial charge is 0.327 e. The molecule has 0 saturated carbocycles. The molecule has 0 bridgehead atoms. The van der Waals surface area contributed by atoms with E-state index < -0.39 is 12.0 Å². The van der Waals surface area contributed by atoms with Crippen LogP contribution in [0.4, 0.5) is 4.79 Å². The lowest BCUT2D eigenvalue weighted by Crippen LogP contribution is -2.59. The topological polar surface area (TPSA) is 72.9 Å². The van der Waals surface area contributed by atoms with Crippen molar-refractivity contribution in [2.75, 3.05) is 45.2 Å². The molecule has 98 valence electrons. The van der Waals surface area contributed by atoms with Gasteiger partial charge < -0.3 is 20.2 Å². The maximum Gasteiger partial charge on any atom is 0.327 e. The summed E-state index contributed by atoms with van der Waals surface area (Å²) in [6.45, 7) is 2.11. The molecule has 1 heterocycles. The van der Waals surface area contributed by atoms with Crippen molar-refractivity contribution in [3.05, 3.63) is 0 Å². The van der Waals surface area contributed by atoms with Crippen LogP contribution in [0.3, 0.4) is 0 Å². The van der Waals surface area contributed by atoms with Crippen LogP contribution < -0.4 is 5.32 Å². The van der Waals surface area contributed by atoms with Crippen molar-refractivity contribution in [3.8, 4) is 0 Å². The summed E-state index contributed by atoms with van der Waals surface area (Å²) < 4.78 is 0. The van der Waals surface area contributed by atoms with Crippen molar-refractivity contribution < 1.29 is 14.7 Å². The van der Waals surface area contributed by atoms with Gasteiger partial charge in [0.2, 0.25) is 0 Å². The fourth-order valence-corrected chi connectivity index (χ4v) is 2.04. The first-order valence-electron chi connectivity index (χ1n) is 5.51. The molecule has 0 spiro atoms. The third-order valence-corrected chi connectivity index (χ3v) is 3.32. The minimum atomic E-state index is -0.948. The summed E-state index contributed by atoms with van der Waals surface area (Å²) in [6.07, 6.45) is 1.96. The number of carbonyl (C=O) groups excluding carboxylic acids is 1. The van der Waals surface area contributed by atoms with Gasteiger partial charge in [-0.3, -0.25) is 0 Å². The molecule has 2 N–H and O–H groups in total. The number of carboxylic acid groups (broad SMARTS) is 1. The van der Waals surface area contributed by atoms with Gasteiger partial charge in [0.1, 0.15) is 6.04 Å². The zero-order valence-electron chi connectivity index (χ0n) is 10.2. The van der Waals surface area contributed by atoms with Crippen LogP contribution in [0.2, 0.25) is 0 Å². The van der Waals surface area contributed by atoms with Gasteiger partial charge in [-0.15, -0.1) is 0 Å². The molecule has 1 saturated heterocycles. The van der Waals surface area contributed by atoms with E-state index in [4.69, 9.17) is 5.11 Å². The van der Waals surface area contributed by atoms with Crippen LogP contribution in [0.15, 0.2) is 0 Å². The quantitative estimate of drug-likeness (QED) is 0.683. The third kappa shape index (κ3) is 4.08. The van der Waals surface area contributed by atoms with Crippen LogP contribution in [0.1, 0.15) is 0 Å². The molecule has 1 aliphatic rings. The molecule has 1 aliphatic heterocycles. The Morgan fingerprint density at radius 1 is 1.47 bits per heavy atom. The number of hydrogen-bond acceptors (Lipinski definition) is 4. The predicted octanol–water partition coefficient (Wildman–Crippen LogP) is -0.240. The maximum atomic E-state index is 11.8. The van der Waals surface area contributed by atoms with Crippen LogP contribution in [-0.2, 0) is 4.79 Å². The number of amides is 2.